The molecule has 0 fully saturated rings. The van der Waals surface area contributed by atoms with Crippen LogP contribution in [0.2, 0.25) is 5.02 Å². The molecule has 0 saturated carbocycles. The van der Waals surface area contributed by atoms with Crippen LogP contribution in [-0.4, -0.2) is 35.3 Å². The average molecular weight is 444 g/mol. The maximum atomic E-state index is 11.7. The zero-order chi connectivity index (χ0) is 23.3. The molecule has 0 aliphatic rings. The summed E-state index contributed by atoms with van der Waals surface area (Å²) >= 11 is 6.58. The van der Waals surface area contributed by atoms with Gasteiger partial charge >= 0.3 is 5.97 Å². The molecule has 1 atom stereocenters. The molecule has 0 aliphatic heterocycles. The Balaban J connectivity index is 2.70. The first-order valence-electron chi connectivity index (χ1n) is 9.96. The van der Waals surface area contributed by atoms with Crippen LogP contribution in [0.15, 0.2) is 41.9 Å². The minimum atomic E-state index is -0.888. The lowest BCUT2D eigenvalue weighted by Gasteiger charge is -2.21. The Morgan fingerprint density at radius 2 is 1.87 bits per heavy atom. The first-order chi connectivity index (χ1) is 14.5. The molecule has 0 saturated heterocycles. The number of aliphatic imine (C=N–C) groups is 1. The number of nitrogens with zero attached hydrogens (tertiary/aromatic N) is 3. The lowest BCUT2D eigenvalue weighted by molar-refractivity contribution is -0.157. The lowest BCUT2D eigenvalue weighted by atomic mass is 9.86. The Morgan fingerprint density at radius 3 is 2.32 bits per heavy atom. The predicted molar refractivity (Wildman–Crippen MR) is 126 cm³/mol. The molecular weight excluding hydrogens is 414 g/mol. The van der Waals surface area contributed by atoms with Crippen molar-refractivity contribution >= 4 is 35.1 Å². The van der Waals surface area contributed by atoms with E-state index < -0.39 is 12.3 Å². The summed E-state index contributed by atoms with van der Waals surface area (Å²) in [7, 11) is 3.46. The predicted octanol–water partition coefficient (Wildman–Crippen LogP) is 5.34. The molecule has 1 aromatic heterocycles. The van der Waals surface area contributed by atoms with Gasteiger partial charge in [0.05, 0.1) is 10.7 Å². The molecule has 31 heavy (non-hydrogen) atoms. The van der Waals surface area contributed by atoms with E-state index in [2.05, 4.69) is 49.6 Å². The Bertz CT molecular complexity index is 1010. The van der Waals surface area contributed by atoms with E-state index in [4.69, 9.17) is 21.1 Å². The van der Waals surface area contributed by atoms with E-state index in [1.54, 1.807) is 31.9 Å². The molecule has 0 amide bonds. The minimum Gasteiger partial charge on any atom is -0.452 e. The van der Waals surface area contributed by atoms with Crippen molar-refractivity contribution in [1.82, 2.24) is 9.78 Å². The highest BCUT2D eigenvalue weighted by Crippen LogP contribution is 2.34. The molecular formula is C24H30ClN3O3. The van der Waals surface area contributed by atoms with Crippen molar-refractivity contribution in [2.24, 2.45) is 12.0 Å². The number of halogens is 1. The third-order valence-electron chi connectivity index (χ3n) is 4.66. The molecule has 1 heterocycles. The monoisotopic (exact) mass is 443 g/mol. The first-order valence-corrected chi connectivity index (χ1v) is 10.3. The standard InChI is InChI=1S/C24H30ClN3O3/c1-9-20(29)30-16(3)31-23(22-21(25)15(2)27-28(22)8)19(14-26-7)17-10-12-18(13-11-17)24(4,5)6/h9-14,16H,1H2,2-8H3/b23-19-,26-14-. The second-order valence-electron chi connectivity index (χ2n) is 8.16. The summed E-state index contributed by atoms with van der Waals surface area (Å²) in [6.07, 6.45) is 1.90. The Labute approximate surface area is 189 Å². The topological polar surface area (TPSA) is 65.7 Å². The van der Waals surface area contributed by atoms with E-state index in [0.29, 0.717) is 27.7 Å². The smallest absolute Gasteiger partial charge is 0.333 e. The zero-order valence-corrected chi connectivity index (χ0v) is 19.9. The summed E-state index contributed by atoms with van der Waals surface area (Å²) in [5.41, 5.74) is 4.02. The van der Waals surface area contributed by atoms with Crippen molar-refractivity contribution in [2.75, 3.05) is 7.05 Å². The quantitative estimate of drug-likeness (QED) is 0.190. The van der Waals surface area contributed by atoms with E-state index in [9.17, 15) is 4.79 Å². The van der Waals surface area contributed by atoms with Gasteiger partial charge in [-0.2, -0.15) is 5.10 Å². The van der Waals surface area contributed by atoms with E-state index in [1.165, 1.54) is 5.56 Å². The van der Waals surface area contributed by atoms with E-state index in [1.807, 2.05) is 19.1 Å². The summed E-state index contributed by atoms with van der Waals surface area (Å²) in [6, 6.07) is 8.18. The second kappa shape index (κ2) is 9.96. The van der Waals surface area contributed by atoms with E-state index in [-0.39, 0.29) is 5.41 Å². The van der Waals surface area contributed by atoms with Gasteiger partial charge in [0.2, 0.25) is 6.29 Å². The first kappa shape index (κ1) is 24.4. The molecule has 2 rings (SSSR count). The third kappa shape index (κ3) is 5.85. The third-order valence-corrected chi connectivity index (χ3v) is 5.11. The Morgan fingerprint density at radius 1 is 1.26 bits per heavy atom. The van der Waals surface area contributed by atoms with Crippen LogP contribution in [0.1, 0.15) is 50.2 Å². The number of aromatic nitrogens is 2. The van der Waals surface area contributed by atoms with Crippen LogP contribution in [0.4, 0.5) is 0 Å². The Hall–Kier alpha value is -2.86. The van der Waals surface area contributed by atoms with Gasteiger partial charge in [0.25, 0.3) is 0 Å². The maximum Gasteiger partial charge on any atom is 0.333 e. The lowest BCUT2D eigenvalue weighted by Crippen LogP contribution is -2.18. The zero-order valence-electron chi connectivity index (χ0n) is 19.2. The SMILES string of the molecule is C=CC(=O)OC(C)O/C(=C(/C=N\C)c1ccc(C(C)(C)C)cc1)c1c(Cl)c(C)nn1C. The van der Waals surface area contributed by atoms with Gasteiger partial charge in [-0.1, -0.05) is 63.2 Å². The fourth-order valence-corrected chi connectivity index (χ4v) is 3.32. The molecule has 166 valence electrons. The fourth-order valence-electron chi connectivity index (χ4n) is 3.07. The van der Waals surface area contributed by atoms with Crippen LogP contribution in [0.5, 0.6) is 0 Å². The molecule has 7 heteroatoms. The number of benzene rings is 1. The van der Waals surface area contributed by atoms with Crippen LogP contribution >= 0.6 is 11.6 Å². The number of esters is 1. The molecule has 0 N–H and O–H groups in total. The van der Waals surface area contributed by atoms with Crippen LogP contribution in [0.3, 0.4) is 0 Å². The normalized spacial score (nSPS) is 13.7. The van der Waals surface area contributed by atoms with Crippen LogP contribution in [0.25, 0.3) is 11.3 Å². The molecule has 1 aromatic carbocycles. The largest absolute Gasteiger partial charge is 0.452 e. The number of carbonyl (C=O) groups excluding carboxylic acids is 1. The second-order valence-corrected chi connectivity index (χ2v) is 8.53. The van der Waals surface area contributed by atoms with Crippen molar-refractivity contribution in [1.29, 1.82) is 0 Å². The molecule has 0 radical (unpaired) electrons. The van der Waals surface area contributed by atoms with Crippen LogP contribution in [0, 0.1) is 6.92 Å². The van der Waals surface area contributed by atoms with Gasteiger partial charge in [-0.3, -0.25) is 9.67 Å². The number of ether oxygens (including phenoxy) is 2. The molecule has 0 bridgehead atoms. The van der Waals surface area contributed by atoms with Crippen molar-refractivity contribution in [2.45, 2.75) is 46.3 Å². The summed E-state index contributed by atoms with van der Waals surface area (Å²) in [6.45, 7) is 13.4. The van der Waals surface area contributed by atoms with Gasteiger partial charge in [-0.25, -0.2) is 4.79 Å². The van der Waals surface area contributed by atoms with Crippen molar-refractivity contribution in [3.8, 4) is 0 Å². The molecule has 2 aromatic rings. The summed E-state index contributed by atoms with van der Waals surface area (Å²) in [4.78, 5) is 15.9. The molecule has 6 nitrogen and oxygen atoms in total. The van der Waals surface area contributed by atoms with E-state index in [0.717, 1.165) is 11.6 Å². The summed E-state index contributed by atoms with van der Waals surface area (Å²) < 4.78 is 13.0. The number of carbonyl (C=O) groups is 1. The van der Waals surface area contributed by atoms with Crippen molar-refractivity contribution in [3.05, 3.63) is 64.5 Å². The average Bonchev–Trinajstić information content (AvgIpc) is 2.95. The molecule has 0 aliphatic carbocycles. The highest BCUT2D eigenvalue weighted by atomic mass is 35.5. The van der Waals surface area contributed by atoms with Gasteiger partial charge in [-0.15, -0.1) is 0 Å². The molecule has 1 unspecified atom stereocenters. The maximum absolute atomic E-state index is 11.7. The van der Waals surface area contributed by atoms with Gasteiger partial charge < -0.3 is 9.47 Å². The van der Waals surface area contributed by atoms with Crippen molar-refractivity contribution < 1.29 is 14.3 Å². The Kier molecular flexibility index (Phi) is 7.85. The number of hydrogen-bond acceptors (Lipinski definition) is 5. The summed E-state index contributed by atoms with van der Waals surface area (Å²) in [5, 5.41) is 4.85. The molecule has 0 spiro atoms. The number of hydrogen-bond donors (Lipinski definition) is 0. The highest BCUT2D eigenvalue weighted by Gasteiger charge is 2.24. The van der Waals surface area contributed by atoms with E-state index >= 15 is 0 Å². The number of allylic oxidation sites excluding steroid dienone is 1. The van der Waals surface area contributed by atoms with Crippen molar-refractivity contribution in [3.63, 3.8) is 0 Å². The van der Waals surface area contributed by atoms with Gasteiger partial charge in [-0.05, 0) is 23.5 Å². The number of rotatable bonds is 7. The van der Waals surface area contributed by atoms with Gasteiger partial charge in [0.15, 0.2) is 5.76 Å². The number of aryl methyl sites for hydroxylation is 2. The van der Waals surface area contributed by atoms with Crippen LogP contribution < -0.4 is 0 Å². The van der Waals surface area contributed by atoms with Gasteiger partial charge in [0.1, 0.15) is 5.69 Å². The minimum absolute atomic E-state index is 0.0243. The summed E-state index contributed by atoms with van der Waals surface area (Å²) in [5.74, 6) is -0.175. The van der Waals surface area contributed by atoms with Crippen LogP contribution in [-0.2, 0) is 26.7 Å². The highest BCUT2D eigenvalue weighted by molar-refractivity contribution is 6.33. The van der Waals surface area contributed by atoms with Gasteiger partial charge in [0, 0.05) is 38.9 Å². The fraction of sp³-hybridized carbons (Fsp3) is 0.375.